The molecule has 0 heterocycles. The average Bonchev–Trinajstić information content (AvgIpc) is 1.65. The third-order valence-corrected chi connectivity index (χ3v) is 0.910. The molecule has 8 heavy (non-hydrogen) atoms. The molecule has 0 aliphatic carbocycles. The van der Waals surface area contributed by atoms with E-state index in [1.165, 1.54) is 6.92 Å². The SMILES string of the molecule is [C-]#[N+]C(C)O[P+](=O)O. The zero-order valence-electron chi connectivity index (χ0n) is 4.24. The van der Waals surface area contributed by atoms with Crippen LogP contribution < -0.4 is 0 Å². The van der Waals surface area contributed by atoms with Crippen molar-refractivity contribution in [3.05, 3.63) is 11.4 Å². The molecule has 0 aliphatic rings. The average molecular weight is 134 g/mol. The molecule has 2 atom stereocenters. The van der Waals surface area contributed by atoms with Crippen LogP contribution in [0.5, 0.6) is 0 Å². The summed E-state index contributed by atoms with van der Waals surface area (Å²) >= 11 is 0. The van der Waals surface area contributed by atoms with Crippen LogP contribution in [0.4, 0.5) is 0 Å². The van der Waals surface area contributed by atoms with Crippen molar-refractivity contribution >= 4 is 8.25 Å². The van der Waals surface area contributed by atoms with Gasteiger partial charge in [0.1, 0.15) is 0 Å². The van der Waals surface area contributed by atoms with Crippen molar-refractivity contribution in [3.8, 4) is 0 Å². The summed E-state index contributed by atoms with van der Waals surface area (Å²) < 4.78 is 13.9. The lowest BCUT2D eigenvalue weighted by atomic mass is 10.7. The van der Waals surface area contributed by atoms with Gasteiger partial charge in [0.15, 0.2) is 0 Å². The molecule has 0 radical (unpaired) electrons. The molecule has 5 heteroatoms. The molecular formula is C3H5NO3P+. The van der Waals surface area contributed by atoms with E-state index in [0.717, 1.165) is 0 Å². The smallest absolute Gasteiger partial charge is 0.279 e. The summed E-state index contributed by atoms with van der Waals surface area (Å²) in [5.41, 5.74) is 0. The van der Waals surface area contributed by atoms with Crippen LogP contribution in [-0.2, 0) is 9.09 Å². The van der Waals surface area contributed by atoms with E-state index in [-0.39, 0.29) is 0 Å². The predicted octanol–water partition coefficient (Wildman–Crippen LogP) is 0.918. The fourth-order valence-electron chi connectivity index (χ4n) is 0.154. The molecule has 0 fully saturated rings. The van der Waals surface area contributed by atoms with Gasteiger partial charge >= 0.3 is 14.5 Å². The summed E-state index contributed by atoms with van der Waals surface area (Å²) in [7, 11) is -2.61. The number of hydrogen-bond donors (Lipinski definition) is 1. The van der Waals surface area contributed by atoms with Crippen molar-refractivity contribution in [1.29, 1.82) is 0 Å². The molecule has 2 unspecified atom stereocenters. The Kier molecular flexibility index (Phi) is 3.29. The molecular weight excluding hydrogens is 129 g/mol. The number of rotatable bonds is 2. The van der Waals surface area contributed by atoms with Gasteiger partial charge in [0.05, 0.1) is 0 Å². The van der Waals surface area contributed by atoms with Crippen LogP contribution >= 0.6 is 8.25 Å². The minimum absolute atomic E-state index is 0.816. The number of nitrogens with zero attached hydrogens (tertiary/aromatic N) is 1. The summed E-state index contributed by atoms with van der Waals surface area (Å²) in [6, 6.07) is 0. The molecule has 4 nitrogen and oxygen atoms in total. The van der Waals surface area contributed by atoms with Crippen molar-refractivity contribution < 1.29 is 14.0 Å². The fourth-order valence-corrected chi connectivity index (χ4v) is 0.462. The van der Waals surface area contributed by atoms with Gasteiger partial charge in [0.25, 0.3) is 0 Å². The van der Waals surface area contributed by atoms with Gasteiger partial charge in [-0.3, -0.25) is 4.85 Å². The summed E-state index contributed by atoms with van der Waals surface area (Å²) in [5, 5.41) is 0. The molecule has 1 N–H and O–H groups in total. The van der Waals surface area contributed by atoms with Crippen molar-refractivity contribution in [2.24, 2.45) is 0 Å². The second-order valence-corrected chi connectivity index (χ2v) is 1.76. The predicted molar refractivity (Wildman–Crippen MR) is 27.0 cm³/mol. The quantitative estimate of drug-likeness (QED) is 0.451. The van der Waals surface area contributed by atoms with Crippen molar-refractivity contribution in [2.75, 3.05) is 0 Å². The van der Waals surface area contributed by atoms with E-state index in [2.05, 4.69) is 9.37 Å². The van der Waals surface area contributed by atoms with Gasteiger partial charge in [-0.1, -0.05) is 0 Å². The van der Waals surface area contributed by atoms with Crippen LogP contribution in [0.25, 0.3) is 4.85 Å². The maximum atomic E-state index is 9.75. The normalized spacial score (nSPS) is 14.4. The highest BCUT2D eigenvalue weighted by Gasteiger charge is 2.21. The molecule has 0 aromatic heterocycles. The zero-order chi connectivity index (χ0) is 6.57. The first kappa shape index (κ1) is 7.51. The standard InChI is InChI=1S/C3H4NO3P/c1-3(4-2)7-8(5)6/h3H,1H3/p+1. The first-order valence-electron chi connectivity index (χ1n) is 1.86. The van der Waals surface area contributed by atoms with Crippen LogP contribution in [0.1, 0.15) is 6.92 Å². The van der Waals surface area contributed by atoms with Crippen LogP contribution in [0.2, 0.25) is 0 Å². The third kappa shape index (κ3) is 3.69. The Bertz CT molecular complexity index is 129. The lowest BCUT2D eigenvalue weighted by molar-refractivity contribution is 0.243. The zero-order valence-corrected chi connectivity index (χ0v) is 5.13. The van der Waals surface area contributed by atoms with Crippen molar-refractivity contribution in [3.63, 3.8) is 0 Å². The summed E-state index contributed by atoms with van der Waals surface area (Å²) in [4.78, 5) is 10.8. The summed E-state index contributed by atoms with van der Waals surface area (Å²) in [5.74, 6) is 0. The van der Waals surface area contributed by atoms with E-state index in [0.29, 0.717) is 0 Å². The maximum Gasteiger partial charge on any atom is 0.702 e. The van der Waals surface area contributed by atoms with Gasteiger partial charge in [-0.15, -0.1) is 4.89 Å². The maximum absolute atomic E-state index is 9.75. The van der Waals surface area contributed by atoms with Gasteiger partial charge in [0.2, 0.25) is 0 Å². The lowest BCUT2D eigenvalue weighted by Gasteiger charge is -1.80. The van der Waals surface area contributed by atoms with Gasteiger partial charge in [-0.05, 0) is 4.52 Å². The molecule has 0 spiro atoms. The van der Waals surface area contributed by atoms with E-state index in [4.69, 9.17) is 11.5 Å². The topological polar surface area (TPSA) is 50.9 Å². The molecule has 0 saturated heterocycles. The van der Waals surface area contributed by atoms with Gasteiger partial charge in [-0.25, -0.2) is 6.57 Å². The van der Waals surface area contributed by atoms with Crippen molar-refractivity contribution in [1.82, 2.24) is 0 Å². The Balaban J connectivity index is 3.43. The second kappa shape index (κ2) is 3.50. The van der Waals surface area contributed by atoms with Crippen molar-refractivity contribution in [2.45, 2.75) is 13.2 Å². The van der Waals surface area contributed by atoms with E-state index in [1.54, 1.807) is 0 Å². The monoisotopic (exact) mass is 134 g/mol. The number of hydrogen-bond acceptors (Lipinski definition) is 2. The molecule has 0 aromatic rings. The summed E-state index contributed by atoms with van der Waals surface area (Å²) in [6.07, 6.45) is -0.816. The minimum atomic E-state index is -2.61. The molecule has 0 bridgehead atoms. The van der Waals surface area contributed by atoms with E-state index < -0.39 is 14.5 Å². The van der Waals surface area contributed by atoms with Crippen LogP contribution in [0, 0.1) is 6.57 Å². The summed E-state index contributed by atoms with van der Waals surface area (Å²) in [6.45, 7) is 7.66. The Morgan fingerprint density at radius 1 is 2.00 bits per heavy atom. The van der Waals surface area contributed by atoms with Crippen LogP contribution in [-0.4, -0.2) is 11.1 Å². The van der Waals surface area contributed by atoms with Gasteiger partial charge in [0, 0.05) is 11.5 Å². The highest BCUT2D eigenvalue weighted by atomic mass is 31.1. The Labute approximate surface area is 47.9 Å². The largest absolute Gasteiger partial charge is 0.702 e. The molecule has 0 aliphatic heterocycles. The second-order valence-electron chi connectivity index (χ2n) is 1.07. The van der Waals surface area contributed by atoms with Crippen LogP contribution in [0.15, 0.2) is 0 Å². The van der Waals surface area contributed by atoms with E-state index in [1.807, 2.05) is 0 Å². The highest BCUT2D eigenvalue weighted by Crippen LogP contribution is 2.17. The Morgan fingerprint density at radius 3 is 2.62 bits per heavy atom. The molecule has 0 aromatic carbocycles. The molecule has 0 amide bonds. The first-order chi connectivity index (χ1) is 3.66. The fraction of sp³-hybridized carbons (Fsp3) is 0.667. The Morgan fingerprint density at radius 2 is 2.50 bits per heavy atom. The van der Waals surface area contributed by atoms with E-state index in [9.17, 15) is 4.57 Å². The Hall–Kier alpha value is -0.490. The highest BCUT2D eigenvalue weighted by molar-refractivity contribution is 7.32. The van der Waals surface area contributed by atoms with E-state index >= 15 is 0 Å². The molecule has 0 saturated carbocycles. The first-order valence-corrected chi connectivity index (χ1v) is 2.99. The third-order valence-electron chi connectivity index (χ3n) is 0.425. The molecule has 44 valence electrons. The van der Waals surface area contributed by atoms with Gasteiger partial charge in [-0.2, -0.15) is 0 Å². The minimum Gasteiger partial charge on any atom is -0.279 e. The lowest BCUT2D eigenvalue weighted by Crippen LogP contribution is -1.93. The van der Waals surface area contributed by atoms with Crippen LogP contribution in [0.3, 0.4) is 0 Å². The van der Waals surface area contributed by atoms with Gasteiger partial charge < -0.3 is 0 Å². The molecule has 0 rings (SSSR count).